The Kier molecular flexibility index (Phi) is 2.40. The number of aliphatic hydroxyl groups is 1. The molecule has 1 saturated carbocycles. The van der Waals surface area contributed by atoms with Crippen molar-refractivity contribution in [2.75, 3.05) is 0 Å². The lowest BCUT2D eigenvalue weighted by Gasteiger charge is -2.43. The molecule has 0 bridgehead atoms. The third kappa shape index (κ3) is 1.48. The Balaban J connectivity index is 2.12. The fourth-order valence-corrected chi connectivity index (χ4v) is 2.29. The van der Waals surface area contributed by atoms with Crippen LogP contribution < -0.4 is 0 Å². The van der Waals surface area contributed by atoms with Crippen LogP contribution in [0.15, 0.2) is 18.3 Å². The fraction of sp³-hybridized carbons (Fsp3) is 0.667. The quantitative estimate of drug-likeness (QED) is 0.760. The molecular weight excluding hydrogens is 174 g/mol. The van der Waals surface area contributed by atoms with Crippen LogP contribution in [-0.2, 0) is 0 Å². The van der Waals surface area contributed by atoms with Gasteiger partial charge >= 0.3 is 0 Å². The molecule has 1 heterocycles. The third-order valence-corrected chi connectivity index (χ3v) is 3.78. The minimum Gasteiger partial charge on any atom is -0.386 e. The lowest BCUT2D eigenvalue weighted by molar-refractivity contribution is -0.0263. The lowest BCUT2D eigenvalue weighted by atomic mass is 9.64. The van der Waals surface area contributed by atoms with Gasteiger partial charge in [-0.25, -0.2) is 0 Å². The minimum absolute atomic E-state index is 0.00308. The second-order valence-corrected chi connectivity index (χ2v) is 4.98. The highest BCUT2D eigenvalue weighted by molar-refractivity contribution is 5.11. The van der Waals surface area contributed by atoms with Crippen LogP contribution in [0.2, 0.25) is 0 Å². The maximum Gasteiger partial charge on any atom is 0.0990 e. The van der Waals surface area contributed by atoms with Gasteiger partial charge in [-0.15, -0.1) is 0 Å². The van der Waals surface area contributed by atoms with Crippen molar-refractivity contribution in [2.24, 2.45) is 11.3 Å². The number of hydrogen-bond acceptors (Lipinski definition) is 1. The van der Waals surface area contributed by atoms with E-state index < -0.39 is 0 Å². The number of hydrogen-bond donors (Lipinski definition) is 2. The van der Waals surface area contributed by atoms with E-state index in [4.69, 9.17) is 0 Å². The van der Waals surface area contributed by atoms with Crippen molar-refractivity contribution >= 4 is 0 Å². The van der Waals surface area contributed by atoms with E-state index in [1.807, 2.05) is 18.3 Å². The molecule has 0 saturated heterocycles. The van der Waals surface area contributed by atoms with Crippen LogP contribution in [0.3, 0.4) is 0 Å². The summed E-state index contributed by atoms with van der Waals surface area (Å²) in [5.74, 6) is 0.681. The first kappa shape index (κ1) is 9.78. The number of aromatic nitrogens is 1. The second-order valence-electron chi connectivity index (χ2n) is 4.98. The zero-order valence-corrected chi connectivity index (χ0v) is 8.96. The van der Waals surface area contributed by atoms with Crippen molar-refractivity contribution < 1.29 is 5.11 Å². The average Bonchev–Trinajstić information content (AvgIpc) is 2.49. The Labute approximate surface area is 85.3 Å². The van der Waals surface area contributed by atoms with Crippen molar-refractivity contribution in [3.05, 3.63) is 24.0 Å². The summed E-state index contributed by atoms with van der Waals surface area (Å²) in [5.41, 5.74) is 0.949. The van der Waals surface area contributed by atoms with Gasteiger partial charge in [-0.05, 0) is 36.3 Å². The van der Waals surface area contributed by atoms with Gasteiger partial charge in [-0.1, -0.05) is 20.3 Å². The highest BCUT2D eigenvalue weighted by Gasteiger charge is 2.40. The molecule has 2 rings (SSSR count). The van der Waals surface area contributed by atoms with Crippen molar-refractivity contribution in [2.45, 2.75) is 39.2 Å². The zero-order chi connectivity index (χ0) is 10.2. The molecule has 1 aromatic rings. The van der Waals surface area contributed by atoms with Crippen LogP contribution in [-0.4, -0.2) is 10.1 Å². The first-order valence-corrected chi connectivity index (χ1v) is 5.43. The van der Waals surface area contributed by atoms with Crippen LogP contribution in [0.4, 0.5) is 0 Å². The number of H-pyrrole nitrogens is 1. The maximum absolute atomic E-state index is 10.2. The SMILES string of the molecule is CC(C)(C1CCC1)C(O)c1ccc[nH]1. The molecule has 2 heteroatoms. The molecule has 0 radical (unpaired) electrons. The van der Waals surface area contributed by atoms with Gasteiger partial charge in [0, 0.05) is 11.9 Å². The summed E-state index contributed by atoms with van der Waals surface area (Å²) >= 11 is 0. The molecule has 0 spiro atoms. The van der Waals surface area contributed by atoms with Crippen molar-refractivity contribution in [1.29, 1.82) is 0 Å². The van der Waals surface area contributed by atoms with E-state index in [1.165, 1.54) is 19.3 Å². The van der Waals surface area contributed by atoms with E-state index in [9.17, 15) is 5.11 Å². The molecule has 1 unspecified atom stereocenters. The predicted octanol–water partition coefficient (Wildman–Crippen LogP) is 2.87. The van der Waals surface area contributed by atoms with E-state index >= 15 is 0 Å². The lowest BCUT2D eigenvalue weighted by Crippen LogP contribution is -2.35. The Hall–Kier alpha value is -0.760. The molecule has 1 atom stereocenters. The normalized spacial score (nSPS) is 20.5. The van der Waals surface area contributed by atoms with Crippen molar-refractivity contribution in [1.82, 2.24) is 4.98 Å². The smallest absolute Gasteiger partial charge is 0.0990 e. The van der Waals surface area contributed by atoms with Gasteiger partial charge in [0.25, 0.3) is 0 Å². The molecule has 2 N–H and O–H groups in total. The van der Waals surface area contributed by atoms with Crippen LogP contribution in [0.1, 0.15) is 44.9 Å². The van der Waals surface area contributed by atoms with E-state index in [1.54, 1.807) is 0 Å². The maximum atomic E-state index is 10.2. The van der Waals surface area contributed by atoms with Gasteiger partial charge in [0.1, 0.15) is 0 Å². The number of rotatable bonds is 3. The summed E-state index contributed by atoms with van der Waals surface area (Å²) in [7, 11) is 0. The summed E-state index contributed by atoms with van der Waals surface area (Å²) in [6.45, 7) is 4.34. The molecule has 14 heavy (non-hydrogen) atoms. The van der Waals surface area contributed by atoms with Crippen LogP contribution in [0.25, 0.3) is 0 Å². The standard InChI is InChI=1S/C12H19NO/c1-12(2,9-5-3-6-9)11(14)10-7-4-8-13-10/h4,7-9,11,13-14H,3,5-6H2,1-2H3. The third-order valence-electron chi connectivity index (χ3n) is 3.78. The van der Waals surface area contributed by atoms with Crippen LogP contribution >= 0.6 is 0 Å². The van der Waals surface area contributed by atoms with Gasteiger partial charge in [0.05, 0.1) is 6.10 Å². The van der Waals surface area contributed by atoms with Crippen LogP contribution in [0, 0.1) is 11.3 Å². The molecular formula is C12H19NO. The molecule has 0 amide bonds. The molecule has 1 aliphatic rings. The molecule has 1 aliphatic carbocycles. The van der Waals surface area contributed by atoms with Gasteiger partial charge < -0.3 is 10.1 Å². The Morgan fingerprint density at radius 1 is 1.50 bits per heavy atom. The zero-order valence-electron chi connectivity index (χ0n) is 8.96. The summed E-state index contributed by atoms with van der Waals surface area (Å²) in [4.78, 5) is 3.10. The summed E-state index contributed by atoms with van der Waals surface area (Å²) in [5, 5.41) is 10.2. The monoisotopic (exact) mass is 193 g/mol. The first-order valence-electron chi connectivity index (χ1n) is 5.43. The van der Waals surface area contributed by atoms with Gasteiger partial charge in [-0.3, -0.25) is 0 Å². The highest BCUT2D eigenvalue weighted by Crippen LogP contribution is 2.48. The number of aromatic amines is 1. The van der Waals surface area contributed by atoms with Crippen LogP contribution in [0.5, 0.6) is 0 Å². The van der Waals surface area contributed by atoms with Crippen molar-refractivity contribution in [3.8, 4) is 0 Å². The van der Waals surface area contributed by atoms with E-state index in [0.717, 1.165) is 5.69 Å². The summed E-state index contributed by atoms with van der Waals surface area (Å²) in [6.07, 6.45) is 5.37. The highest BCUT2D eigenvalue weighted by atomic mass is 16.3. The van der Waals surface area contributed by atoms with E-state index in [-0.39, 0.29) is 11.5 Å². The molecule has 1 aromatic heterocycles. The topological polar surface area (TPSA) is 36.0 Å². The predicted molar refractivity (Wildman–Crippen MR) is 56.9 cm³/mol. The van der Waals surface area contributed by atoms with E-state index in [0.29, 0.717) is 5.92 Å². The van der Waals surface area contributed by atoms with Gasteiger partial charge in [-0.2, -0.15) is 0 Å². The Morgan fingerprint density at radius 2 is 2.21 bits per heavy atom. The largest absolute Gasteiger partial charge is 0.386 e. The van der Waals surface area contributed by atoms with Crippen molar-refractivity contribution in [3.63, 3.8) is 0 Å². The Bertz CT molecular complexity index is 285. The number of nitrogens with one attached hydrogen (secondary N) is 1. The molecule has 0 aliphatic heterocycles. The number of aliphatic hydroxyl groups excluding tert-OH is 1. The first-order chi connectivity index (χ1) is 6.62. The second kappa shape index (κ2) is 3.43. The van der Waals surface area contributed by atoms with Gasteiger partial charge in [0.15, 0.2) is 0 Å². The summed E-state index contributed by atoms with van der Waals surface area (Å²) in [6, 6.07) is 3.90. The molecule has 1 fully saturated rings. The van der Waals surface area contributed by atoms with E-state index in [2.05, 4.69) is 18.8 Å². The average molecular weight is 193 g/mol. The van der Waals surface area contributed by atoms with Gasteiger partial charge in [0.2, 0.25) is 0 Å². The molecule has 2 nitrogen and oxygen atoms in total. The fourth-order valence-electron chi connectivity index (χ4n) is 2.29. The minimum atomic E-state index is -0.359. The Morgan fingerprint density at radius 3 is 2.64 bits per heavy atom. The summed E-state index contributed by atoms with van der Waals surface area (Å²) < 4.78 is 0. The molecule has 0 aromatic carbocycles. The molecule has 78 valence electrons.